The molecule has 3 aliphatic rings. The van der Waals surface area contributed by atoms with Crippen molar-refractivity contribution in [3.8, 4) is 0 Å². The number of hydrogen-bond donors (Lipinski definition) is 1. The highest BCUT2D eigenvalue weighted by molar-refractivity contribution is 4.93. The average Bonchev–Trinajstić information content (AvgIpc) is 3.12. The summed E-state index contributed by atoms with van der Waals surface area (Å²) in [4.78, 5) is 2.81. The van der Waals surface area contributed by atoms with Gasteiger partial charge in [-0.3, -0.25) is 0 Å². The van der Waals surface area contributed by atoms with Gasteiger partial charge in [0.15, 0.2) is 0 Å². The molecule has 0 aromatic heterocycles. The lowest BCUT2D eigenvalue weighted by Crippen LogP contribution is -2.53. The summed E-state index contributed by atoms with van der Waals surface area (Å²) in [5.41, 5.74) is 0. The van der Waals surface area contributed by atoms with Gasteiger partial charge < -0.3 is 10.2 Å². The van der Waals surface area contributed by atoms with Gasteiger partial charge in [-0.05, 0) is 75.9 Å². The van der Waals surface area contributed by atoms with Crippen LogP contribution in [0.3, 0.4) is 0 Å². The first kappa shape index (κ1) is 12.9. The molecule has 2 atom stereocenters. The van der Waals surface area contributed by atoms with Crippen LogP contribution in [0.2, 0.25) is 0 Å². The number of rotatable bonds is 5. The van der Waals surface area contributed by atoms with Crippen LogP contribution in [0, 0.1) is 17.8 Å². The molecule has 2 unspecified atom stereocenters. The van der Waals surface area contributed by atoms with Crippen LogP contribution in [0.25, 0.3) is 0 Å². The zero-order chi connectivity index (χ0) is 12.5. The minimum atomic E-state index is 0.887. The Hall–Kier alpha value is -0.0800. The smallest absolute Gasteiger partial charge is 0.0136 e. The molecule has 0 aromatic rings. The van der Waals surface area contributed by atoms with Gasteiger partial charge in [-0.2, -0.15) is 0 Å². The summed E-state index contributed by atoms with van der Waals surface area (Å²) in [6.45, 7) is 8.82. The molecule has 0 amide bonds. The summed E-state index contributed by atoms with van der Waals surface area (Å²) in [5, 5.41) is 3.73. The van der Waals surface area contributed by atoms with E-state index in [9.17, 15) is 0 Å². The fraction of sp³-hybridized carbons (Fsp3) is 1.00. The quantitative estimate of drug-likeness (QED) is 0.807. The van der Waals surface area contributed by atoms with Gasteiger partial charge in [-0.1, -0.05) is 13.8 Å². The highest BCUT2D eigenvalue weighted by Gasteiger charge is 2.37. The van der Waals surface area contributed by atoms with Crippen LogP contribution in [0.4, 0.5) is 0 Å². The minimum Gasteiger partial charge on any atom is -0.314 e. The first-order chi connectivity index (χ1) is 8.74. The lowest BCUT2D eigenvalue weighted by Gasteiger charge is -2.47. The second kappa shape index (κ2) is 5.50. The van der Waals surface area contributed by atoms with Crippen molar-refractivity contribution in [2.45, 2.75) is 64.5 Å². The van der Waals surface area contributed by atoms with Gasteiger partial charge in [-0.25, -0.2) is 0 Å². The first-order valence-electron chi connectivity index (χ1n) is 8.21. The summed E-state index contributed by atoms with van der Waals surface area (Å²) in [6, 6.07) is 1.81. The van der Waals surface area contributed by atoms with Crippen molar-refractivity contribution < 1.29 is 0 Å². The van der Waals surface area contributed by atoms with Crippen LogP contribution >= 0.6 is 0 Å². The van der Waals surface area contributed by atoms with E-state index in [2.05, 4.69) is 24.1 Å². The Labute approximate surface area is 113 Å². The lowest BCUT2D eigenvalue weighted by atomic mass is 9.76. The molecule has 2 aliphatic carbocycles. The maximum Gasteiger partial charge on any atom is 0.0136 e. The second-order valence-electron chi connectivity index (χ2n) is 7.20. The highest BCUT2D eigenvalue weighted by Crippen LogP contribution is 2.36. The number of nitrogens with zero attached hydrogens (tertiary/aromatic N) is 1. The summed E-state index contributed by atoms with van der Waals surface area (Å²) in [6.07, 6.45) is 8.67. The van der Waals surface area contributed by atoms with E-state index in [-0.39, 0.29) is 0 Å². The van der Waals surface area contributed by atoms with E-state index in [1.165, 1.54) is 58.2 Å². The number of piperidine rings is 1. The van der Waals surface area contributed by atoms with Gasteiger partial charge in [0, 0.05) is 12.1 Å². The first-order valence-corrected chi connectivity index (χ1v) is 8.21. The van der Waals surface area contributed by atoms with Gasteiger partial charge in [-0.15, -0.1) is 0 Å². The molecule has 0 radical (unpaired) electrons. The fourth-order valence-corrected chi connectivity index (χ4v) is 3.79. The molecule has 2 saturated carbocycles. The molecule has 18 heavy (non-hydrogen) atoms. The summed E-state index contributed by atoms with van der Waals surface area (Å²) in [7, 11) is 0. The third-order valence-corrected chi connectivity index (χ3v) is 5.61. The van der Waals surface area contributed by atoms with Gasteiger partial charge in [0.1, 0.15) is 0 Å². The van der Waals surface area contributed by atoms with Gasteiger partial charge >= 0.3 is 0 Å². The third-order valence-electron chi connectivity index (χ3n) is 5.61. The average molecular weight is 250 g/mol. The zero-order valence-electron chi connectivity index (χ0n) is 12.2. The number of hydrogen-bond acceptors (Lipinski definition) is 2. The maximum atomic E-state index is 3.73. The van der Waals surface area contributed by atoms with Crippen molar-refractivity contribution >= 4 is 0 Å². The van der Waals surface area contributed by atoms with E-state index in [1.54, 1.807) is 0 Å². The monoisotopic (exact) mass is 250 g/mol. The van der Waals surface area contributed by atoms with Gasteiger partial charge in [0.05, 0.1) is 0 Å². The fourth-order valence-electron chi connectivity index (χ4n) is 3.79. The SMILES string of the molecule is CC(C)C1CCN(C2CCC2CNC2CC2)CC1. The highest BCUT2D eigenvalue weighted by atomic mass is 15.2. The Kier molecular flexibility index (Phi) is 3.95. The Bertz CT molecular complexity index is 264. The zero-order valence-corrected chi connectivity index (χ0v) is 12.2. The molecule has 2 nitrogen and oxygen atoms in total. The predicted molar refractivity (Wildman–Crippen MR) is 76.7 cm³/mol. The number of likely N-dealkylation sites (tertiary alicyclic amines) is 1. The lowest BCUT2D eigenvalue weighted by molar-refractivity contribution is 0.0279. The van der Waals surface area contributed by atoms with E-state index in [4.69, 9.17) is 0 Å². The van der Waals surface area contributed by atoms with Crippen molar-refractivity contribution in [3.63, 3.8) is 0 Å². The molecular formula is C16H30N2. The number of nitrogens with one attached hydrogen (secondary N) is 1. The predicted octanol–water partition coefficient (Wildman–Crippen LogP) is 2.89. The molecule has 3 rings (SSSR count). The van der Waals surface area contributed by atoms with Crippen LogP contribution in [0.5, 0.6) is 0 Å². The molecule has 0 bridgehead atoms. The Morgan fingerprint density at radius 2 is 1.72 bits per heavy atom. The van der Waals surface area contributed by atoms with Crippen molar-refractivity contribution in [2.24, 2.45) is 17.8 Å². The van der Waals surface area contributed by atoms with Crippen molar-refractivity contribution in [1.82, 2.24) is 10.2 Å². The van der Waals surface area contributed by atoms with E-state index in [0.717, 1.165) is 29.8 Å². The van der Waals surface area contributed by atoms with Crippen LogP contribution in [0.1, 0.15) is 52.4 Å². The molecule has 2 heteroatoms. The van der Waals surface area contributed by atoms with E-state index in [1.807, 2.05) is 0 Å². The van der Waals surface area contributed by atoms with Crippen LogP contribution < -0.4 is 5.32 Å². The largest absolute Gasteiger partial charge is 0.314 e. The van der Waals surface area contributed by atoms with E-state index < -0.39 is 0 Å². The summed E-state index contributed by atoms with van der Waals surface area (Å²) >= 11 is 0. The standard InChI is InChI=1S/C16H30N2/c1-12(2)13-7-9-18(10-8-13)16-6-3-14(16)11-17-15-4-5-15/h12-17H,3-11H2,1-2H3. The normalized spacial score (nSPS) is 34.8. The Balaban J connectivity index is 1.41. The summed E-state index contributed by atoms with van der Waals surface area (Å²) in [5.74, 6) is 2.84. The second-order valence-corrected chi connectivity index (χ2v) is 7.20. The van der Waals surface area contributed by atoms with E-state index >= 15 is 0 Å². The third kappa shape index (κ3) is 2.91. The molecule has 104 valence electrons. The van der Waals surface area contributed by atoms with Crippen LogP contribution in [-0.2, 0) is 0 Å². The topological polar surface area (TPSA) is 15.3 Å². The Morgan fingerprint density at radius 3 is 2.22 bits per heavy atom. The van der Waals surface area contributed by atoms with Crippen molar-refractivity contribution in [3.05, 3.63) is 0 Å². The minimum absolute atomic E-state index is 0.887. The molecule has 1 saturated heterocycles. The molecule has 3 fully saturated rings. The van der Waals surface area contributed by atoms with Gasteiger partial charge in [0.25, 0.3) is 0 Å². The van der Waals surface area contributed by atoms with Crippen LogP contribution in [-0.4, -0.2) is 36.6 Å². The molecule has 1 heterocycles. The van der Waals surface area contributed by atoms with E-state index in [0.29, 0.717) is 0 Å². The van der Waals surface area contributed by atoms with Crippen LogP contribution in [0.15, 0.2) is 0 Å². The Morgan fingerprint density at radius 1 is 1.00 bits per heavy atom. The van der Waals surface area contributed by atoms with Crippen molar-refractivity contribution in [1.29, 1.82) is 0 Å². The summed E-state index contributed by atoms with van der Waals surface area (Å²) < 4.78 is 0. The molecule has 0 spiro atoms. The molecule has 0 aromatic carbocycles. The van der Waals surface area contributed by atoms with Crippen molar-refractivity contribution in [2.75, 3.05) is 19.6 Å². The molecule has 1 aliphatic heterocycles. The molecular weight excluding hydrogens is 220 g/mol. The maximum absolute atomic E-state index is 3.73. The molecule has 1 N–H and O–H groups in total. The van der Waals surface area contributed by atoms with Gasteiger partial charge in [0.2, 0.25) is 0 Å².